The highest BCUT2D eigenvalue weighted by atomic mass is 15.1. The van der Waals surface area contributed by atoms with Crippen molar-refractivity contribution in [2.75, 3.05) is 23.7 Å². The van der Waals surface area contributed by atoms with E-state index in [0.717, 1.165) is 72.3 Å². The Bertz CT molecular complexity index is 1780. The predicted octanol–water partition coefficient (Wildman–Crippen LogP) is 8.86. The summed E-state index contributed by atoms with van der Waals surface area (Å²) >= 11 is 0. The number of rotatable bonds is 9. The van der Waals surface area contributed by atoms with Crippen LogP contribution in [0, 0.1) is 31.1 Å². The molecule has 3 atom stereocenters. The second-order valence-electron chi connectivity index (χ2n) is 12.9. The molecule has 1 fully saturated rings. The van der Waals surface area contributed by atoms with Crippen LogP contribution < -0.4 is 10.6 Å². The number of nitrogens with one attached hydrogen (secondary N) is 2. The Balaban J connectivity index is 1.23. The van der Waals surface area contributed by atoms with Gasteiger partial charge in [0.1, 0.15) is 0 Å². The van der Waals surface area contributed by atoms with Crippen molar-refractivity contribution >= 4 is 23.8 Å². The molecule has 3 heterocycles. The van der Waals surface area contributed by atoms with E-state index in [1.54, 1.807) is 0 Å². The van der Waals surface area contributed by atoms with Crippen LogP contribution in [0.25, 0.3) is 11.1 Å². The second kappa shape index (κ2) is 12.9. The fourth-order valence-corrected chi connectivity index (χ4v) is 7.20. The number of aromatic nitrogens is 1. The van der Waals surface area contributed by atoms with Crippen molar-refractivity contribution in [1.29, 1.82) is 5.26 Å². The molecular weight excluding hydrogens is 552 g/mol. The lowest BCUT2D eigenvalue weighted by atomic mass is 9.89. The zero-order chi connectivity index (χ0) is 31.7. The Labute approximate surface area is 268 Å². The molecule has 0 radical (unpaired) electrons. The summed E-state index contributed by atoms with van der Waals surface area (Å²) in [5.41, 5.74) is 14.4. The van der Waals surface area contributed by atoms with Crippen molar-refractivity contribution in [1.82, 2.24) is 9.88 Å². The second-order valence-corrected chi connectivity index (χ2v) is 12.9. The summed E-state index contributed by atoms with van der Waals surface area (Å²) in [7, 11) is 0. The number of pyridine rings is 1. The minimum Gasteiger partial charge on any atom is -0.378 e. The quantitative estimate of drug-likeness (QED) is 0.189. The largest absolute Gasteiger partial charge is 0.378 e. The third kappa shape index (κ3) is 6.10. The molecule has 4 aromatic rings. The standard InChI is InChI=1S/C39H44N6/c1-7-28-16-30(20-40)34-19-37(44-36(34)17-28)33-12-8-10-31(25(33)3)32-11-9-13-35(26(32)4)43-27(5)39-38(41-6)18-29(21-42-39)23-45-15-14-24(2)22-45/h8-13,16-18,21,24,27,37,43-44H,6-7,14-15,19,22-23H2,1-5H3. The first kappa shape index (κ1) is 30.6. The lowest BCUT2D eigenvalue weighted by Crippen LogP contribution is -2.20. The molecule has 1 aromatic heterocycles. The van der Waals surface area contributed by atoms with Crippen LogP contribution in [0.2, 0.25) is 0 Å². The van der Waals surface area contributed by atoms with Gasteiger partial charge >= 0.3 is 0 Å². The zero-order valence-electron chi connectivity index (χ0n) is 27.2. The number of aliphatic imine (C=N–C) groups is 1. The summed E-state index contributed by atoms with van der Waals surface area (Å²) in [6, 6.07) is 22.0. The number of hydrogen-bond acceptors (Lipinski definition) is 6. The van der Waals surface area contributed by atoms with Crippen LogP contribution in [-0.4, -0.2) is 29.7 Å². The van der Waals surface area contributed by atoms with Crippen LogP contribution in [0.15, 0.2) is 65.8 Å². The molecule has 6 rings (SSSR count). The highest BCUT2D eigenvalue weighted by Crippen LogP contribution is 2.41. The topological polar surface area (TPSA) is 76.3 Å². The maximum Gasteiger partial charge on any atom is 0.0995 e. The van der Waals surface area contributed by atoms with Crippen molar-refractivity contribution in [2.24, 2.45) is 10.9 Å². The molecular formula is C39H44N6. The minimum atomic E-state index is -0.0451. The van der Waals surface area contributed by atoms with E-state index in [1.807, 2.05) is 12.3 Å². The normalized spacial score (nSPS) is 18.2. The fraction of sp³-hybridized carbons (Fsp3) is 0.359. The number of hydrogen-bond donors (Lipinski definition) is 2. The SMILES string of the molecule is C=Nc1cc(CN2CCC(C)C2)cnc1C(C)Nc1cccc(-c2cccc(C3Cc4c(C#N)cc(CC)cc4N3)c2C)c1C. The first-order valence-corrected chi connectivity index (χ1v) is 16.3. The summed E-state index contributed by atoms with van der Waals surface area (Å²) < 4.78 is 0. The first-order chi connectivity index (χ1) is 21.8. The Kier molecular flexibility index (Phi) is 8.74. The molecule has 0 bridgehead atoms. The van der Waals surface area contributed by atoms with Gasteiger partial charge in [0, 0.05) is 37.1 Å². The molecule has 0 aliphatic carbocycles. The number of anilines is 2. The number of nitrogens with zero attached hydrogens (tertiary/aromatic N) is 4. The third-order valence-corrected chi connectivity index (χ3v) is 9.77. The van der Waals surface area contributed by atoms with Gasteiger partial charge in [-0.15, -0.1) is 0 Å². The molecule has 3 unspecified atom stereocenters. The lowest BCUT2D eigenvalue weighted by Gasteiger charge is -2.22. The van der Waals surface area contributed by atoms with E-state index in [-0.39, 0.29) is 12.1 Å². The molecule has 2 aliphatic heterocycles. The van der Waals surface area contributed by atoms with Gasteiger partial charge in [0.2, 0.25) is 0 Å². The van der Waals surface area contributed by atoms with Gasteiger partial charge in [0.15, 0.2) is 0 Å². The Hall–Kier alpha value is -4.47. The van der Waals surface area contributed by atoms with Gasteiger partial charge in [0.05, 0.1) is 35.1 Å². The van der Waals surface area contributed by atoms with Gasteiger partial charge in [-0.05, 0) is 122 Å². The average molecular weight is 597 g/mol. The van der Waals surface area contributed by atoms with E-state index in [4.69, 9.17) is 4.98 Å². The molecule has 45 heavy (non-hydrogen) atoms. The van der Waals surface area contributed by atoms with Crippen molar-refractivity contribution in [3.8, 4) is 17.2 Å². The van der Waals surface area contributed by atoms with Gasteiger partial charge in [-0.3, -0.25) is 14.9 Å². The van der Waals surface area contributed by atoms with Crippen LogP contribution in [0.4, 0.5) is 17.1 Å². The molecule has 0 amide bonds. The van der Waals surface area contributed by atoms with Crippen LogP contribution >= 0.6 is 0 Å². The minimum absolute atomic E-state index is 0.0451. The highest BCUT2D eigenvalue weighted by Gasteiger charge is 2.27. The van der Waals surface area contributed by atoms with Crippen molar-refractivity contribution < 1.29 is 0 Å². The lowest BCUT2D eigenvalue weighted by molar-refractivity contribution is 0.320. The monoisotopic (exact) mass is 596 g/mol. The van der Waals surface area contributed by atoms with Gasteiger partial charge in [-0.25, -0.2) is 0 Å². The highest BCUT2D eigenvalue weighted by molar-refractivity contribution is 5.77. The Morgan fingerprint density at radius 1 is 1.11 bits per heavy atom. The molecule has 1 saturated heterocycles. The summed E-state index contributed by atoms with van der Waals surface area (Å²) in [6.45, 7) is 18.0. The third-order valence-electron chi connectivity index (χ3n) is 9.77. The van der Waals surface area contributed by atoms with Crippen LogP contribution in [-0.2, 0) is 19.4 Å². The smallest absolute Gasteiger partial charge is 0.0995 e. The maximum atomic E-state index is 9.82. The van der Waals surface area contributed by atoms with Gasteiger partial charge in [-0.2, -0.15) is 5.26 Å². The summed E-state index contributed by atoms with van der Waals surface area (Å²) in [5.74, 6) is 0.756. The molecule has 3 aromatic carbocycles. The number of likely N-dealkylation sites (tertiary alicyclic amines) is 1. The molecule has 6 heteroatoms. The molecule has 0 saturated carbocycles. The molecule has 6 nitrogen and oxygen atoms in total. The van der Waals surface area contributed by atoms with Crippen molar-refractivity contribution in [3.05, 3.63) is 105 Å². The number of benzene rings is 3. The first-order valence-electron chi connectivity index (χ1n) is 16.3. The molecule has 230 valence electrons. The Morgan fingerprint density at radius 3 is 2.60 bits per heavy atom. The van der Waals surface area contributed by atoms with Gasteiger partial charge in [0.25, 0.3) is 0 Å². The van der Waals surface area contributed by atoms with E-state index >= 15 is 0 Å². The van der Waals surface area contributed by atoms with Gasteiger partial charge < -0.3 is 10.6 Å². The van der Waals surface area contributed by atoms with E-state index in [0.29, 0.717) is 0 Å². The summed E-state index contributed by atoms with van der Waals surface area (Å²) in [5, 5.41) is 17.3. The summed E-state index contributed by atoms with van der Waals surface area (Å²) in [4.78, 5) is 11.7. The van der Waals surface area contributed by atoms with E-state index in [1.165, 1.54) is 45.4 Å². The van der Waals surface area contributed by atoms with Crippen molar-refractivity contribution in [2.45, 2.75) is 72.5 Å². The van der Waals surface area contributed by atoms with Crippen LogP contribution in [0.1, 0.15) is 83.9 Å². The summed E-state index contributed by atoms with van der Waals surface area (Å²) in [6.07, 6.45) is 4.99. The number of fused-ring (bicyclic) bond motifs is 1. The van der Waals surface area contributed by atoms with E-state index < -0.39 is 0 Å². The maximum absolute atomic E-state index is 9.82. The van der Waals surface area contributed by atoms with Crippen molar-refractivity contribution in [3.63, 3.8) is 0 Å². The van der Waals surface area contributed by atoms with E-state index in [2.05, 4.69) is 116 Å². The van der Waals surface area contributed by atoms with Crippen LogP contribution in [0.5, 0.6) is 0 Å². The van der Waals surface area contributed by atoms with E-state index in [9.17, 15) is 5.26 Å². The van der Waals surface area contributed by atoms with Crippen LogP contribution in [0.3, 0.4) is 0 Å². The Morgan fingerprint density at radius 2 is 1.89 bits per heavy atom. The van der Waals surface area contributed by atoms with Gasteiger partial charge in [-0.1, -0.05) is 44.2 Å². The molecule has 2 N–H and O–H groups in total. The number of aryl methyl sites for hydroxylation is 1. The molecule has 0 spiro atoms. The molecule has 2 aliphatic rings. The fourth-order valence-electron chi connectivity index (χ4n) is 7.20. The zero-order valence-corrected chi connectivity index (χ0v) is 27.2. The predicted molar refractivity (Wildman–Crippen MR) is 186 cm³/mol. The average Bonchev–Trinajstić information content (AvgIpc) is 3.67. The number of nitriles is 1.